The topological polar surface area (TPSA) is 80.0 Å². The molecule has 0 fully saturated rings. The summed E-state index contributed by atoms with van der Waals surface area (Å²) in [5, 5.41) is 13.3. The molecule has 0 saturated heterocycles. The minimum Gasteiger partial charge on any atom is -0.419 e. The van der Waals surface area contributed by atoms with Gasteiger partial charge in [-0.2, -0.15) is 0 Å². The van der Waals surface area contributed by atoms with Crippen LogP contribution in [0.25, 0.3) is 11.5 Å². The summed E-state index contributed by atoms with van der Waals surface area (Å²) in [7, 11) is 0. The average Bonchev–Trinajstić information content (AvgIpc) is 3.04. The Balaban J connectivity index is 1.57. The van der Waals surface area contributed by atoms with Crippen molar-refractivity contribution in [2.75, 3.05) is 5.32 Å². The number of hydrogen-bond donors (Lipinski definition) is 2. The molecule has 2 amide bonds. The second-order valence-electron chi connectivity index (χ2n) is 5.04. The third-order valence-corrected chi connectivity index (χ3v) is 3.20. The van der Waals surface area contributed by atoms with Crippen molar-refractivity contribution < 1.29 is 9.21 Å². The highest BCUT2D eigenvalue weighted by Gasteiger charge is 2.09. The van der Waals surface area contributed by atoms with Crippen molar-refractivity contribution in [2.24, 2.45) is 0 Å². The maximum absolute atomic E-state index is 11.8. The van der Waals surface area contributed by atoms with Gasteiger partial charge in [0.05, 0.1) is 6.54 Å². The van der Waals surface area contributed by atoms with Gasteiger partial charge in [-0.05, 0) is 31.2 Å². The van der Waals surface area contributed by atoms with Gasteiger partial charge in [0.15, 0.2) is 0 Å². The second kappa shape index (κ2) is 6.74. The van der Waals surface area contributed by atoms with E-state index in [2.05, 4.69) is 20.8 Å². The molecule has 1 aromatic heterocycles. The lowest BCUT2D eigenvalue weighted by molar-refractivity contribution is 0.250. The SMILES string of the molecule is Cc1ccc(-c2nnc(CNC(=O)Nc3ccccc3)o2)cc1. The number of aryl methyl sites for hydroxylation is 1. The highest BCUT2D eigenvalue weighted by atomic mass is 16.4. The van der Waals surface area contributed by atoms with Gasteiger partial charge in [0, 0.05) is 11.3 Å². The Morgan fingerprint density at radius 1 is 1.04 bits per heavy atom. The molecule has 0 aliphatic carbocycles. The molecule has 0 saturated carbocycles. The van der Waals surface area contributed by atoms with E-state index in [-0.39, 0.29) is 12.6 Å². The number of hydrogen-bond acceptors (Lipinski definition) is 4. The molecule has 0 bridgehead atoms. The summed E-state index contributed by atoms with van der Waals surface area (Å²) >= 11 is 0. The highest BCUT2D eigenvalue weighted by molar-refractivity contribution is 5.89. The predicted molar refractivity (Wildman–Crippen MR) is 86.8 cm³/mol. The van der Waals surface area contributed by atoms with Crippen LogP contribution in [0.3, 0.4) is 0 Å². The zero-order valence-electron chi connectivity index (χ0n) is 12.6. The lowest BCUT2D eigenvalue weighted by atomic mass is 10.1. The first-order valence-corrected chi connectivity index (χ1v) is 7.20. The molecule has 0 radical (unpaired) electrons. The van der Waals surface area contributed by atoms with E-state index >= 15 is 0 Å². The molecular formula is C17H16N4O2. The van der Waals surface area contributed by atoms with Crippen molar-refractivity contribution in [3.8, 4) is 11.5 Å². The molecule has 116 valence electrons. The molecule has 0 aliphatic rings. The van der Waals surface area contributed by atoms with Crippen molar-refractivity contribution in [1.29, 1.82) is 0 Å². The lowest BCUT2D eigenvalue weighted by Gasteiger charge is -2.05. The molecule has 6 heteroatoms. The van der Waals surface area contributed by atoms with Crippen molar-refractivity contribution in [3.63, 3.8) is 0 Å². The van der Waals surface area contributed by atoms with E-state index in [9.17, 15) is 4.79 Å². The first kappa shape index (κ1) is 14.8. The normalized spacial score (nSPS) is 10.3. The number of aromatic nitrogens is 2. The van der Waals surface area contributed by atoms with Crippen LogP contribution in [-0.4, -0.2) is 16.2 Å². The van der Waals surface area contributed by atoms with Crippen molar-refractivity contribution in [2.45, 2.75) is 13.5 Å². The molecule has 3 rings (SSSR count). The van der Waals surface area contributed by atoms with Crippen molar-refractivity contribution in [1.82, 2.24) is 15.5 Å². The Morgan fingerprint density at radius 2 is 1.78 bits per heavy atom. The lowest BCUT2D eigenvalue weighted by Crippen LogP contribution is -2.28. The fourth-order valence-corrected chi connectivity index (χ4v) is 1.99. The molecule has 0 aliphatic heterocycles. The van der Waals surface area contributed by atoms with E-state index in [0.29, 0.717) is 11.8 Å². The van der Waals surface area contributed by atoms with E-state index < -0.39 is 0 Å². The van der Waals surface area contributed by atoms with Gasteiger partial charge in [-0.3, -0.25) is 0 Å². The monoisotopic (exact) mass is 308 g/mol. The summed E-state index contributed by atoms with van der Waals surface area (Å²) in [6.07, 6.45) is 0. The Labute approximate surface area is 133 Å². The third-order valence-electron chi connectivity index (χ3n) is 3.20. The summed E-state index contributed by atoms with van der Waals surface area (Å²) < 4.78 is 5.55. The van der Waals surface area contributed by atoms with Crippen LogP contribution in [0.15, 0.2) is 59.0 Å². The molecule has 3 aromatic rings. The molecule has 2 N–H and O–H groups in total. The van der Waals surface area contributed by atoms with Crippen LogP contribution in [-0.2, 0) is 6.54 Å². The number of benzene rings is 2. The molecule has 0 unspecified atom stereocenters. The van der Waals surface area contributed by atoms with Crippen LogP contribution in [0.5, 0.6) is 0 Å². The molecule has 2 aromatic carbocycles. The number of amides is 2. The molecule has 0 spiro atoms. The smallest absolute Gasteiger partial charge is 0.319 e. The highest BCUT2D eigenvalue weighted by Crippen LogP contribution is 2.18. The number of urea groups is 1. The number of nitrogens with one attached hydrogen (secondary N) is 2. The standard InChI is InChI=1S/C17H16N4O2/c1-12-7-9-13(10-8-12)16-21-20-15(23-16)11-18-17(22)19-14-5-3-2-4-6-14/h2-10H,11H2,1H3,(H2,18,19,22). The first-order chi connectivity index (χ1) is 11.2. The van der Waals surface area contributed by atoms with Crippen LogP contribution >= 0.6 is 0 Å². The molecule has 0 atom stereocenters. The van der Waals surface area contributed by atoms with Gasteiger partial charge in [-0.15, -0.1) is 10.2 Å². The summed E-state index contributed by atoms with van der Waals surface area (Å²) in [4.78, 5) is 11.8. The van der Waals surface area contributed by atoms with Crippen LogP contribution < -0.4 is 10.6 Å². The zero-order chi connectivity index (χ0) is 16.1. The molecule has 23 heavy (non-hydrogen) atoms. The summed E-state index contributed by atoms with van der Waals surface area (Å²) in [6.45, 7) is 2.18. The van der Waals surface area contributed by atoms with Gasteiger partial charge >= 0.3 is 6.03 Å². The number of nitrogens with zero attached hydrogens (tertiary/aromatic N) is 2. The van der Waals surface area contributed by atoms with E-state index in [1.807, 2.05) is 61.5 Å². The Hall–Kier alpha value is -3.15. The molecular weight excluding hydrogens is 292 g/mol. The molecule has 1 heterocycles. The van der Waals surface area contributed by atoms with Gasteiger partial charge in [-0.1, -0.05) is 35.9 Å². The Bertz CT molecular complexity index is 782. The fourth-order valence-electron chi connectivity index (χ4n) is 1.99. The van der Waals surface area contributed by atoms with Gasteiger partial charge < -0.3 is 15.1 Å². The zero-order valence-corrected chi connectivity index (χ0v) is 12.6. The third kappa shape index (κ3) is 3.94. The maximum Gasteiger partial charge on any atom is 0.319 e. The minimum absolute atomic E-state index is 0.164. The predicted octanol–water partition coefficient (Wildman–Crippen LogP) is 3.37. The van der Waals surface area contributed by atoms with Crippen molar-refractivity contribution in [3.05, 3.63) is 66.1 Å². The second-order valence-corrected chi connectivity index (χ2v) is 5.04. The van der Waals surface area contributed by atoms with E-state index in [1.165, 1.54) is 0 Å². The molecule has 6 nitrogen and oxygen atoms in total. The van der Waals surface area contributed by atoms with Crippen LogP contribution in [0.2, 0.25) is 0 Å². The number of para-hydroxylation sites is 1. The summed E-state index contributed by atoms with van der Waals surface area (Å²) in [5.41, 5.74) is 2.73. The Kier molecular flexibility index (Phi) is 4.33. The number of rotatable bonds is 4. The first-order valence-electron chi connectivity index (χ1n) is 7.20. The van der Waals surface area contributed by atoms with E-state index in [4.69, 9.17) is 4.42 Å². The van der Waals surface area contributed by atoms with E-state index in [0.717, 1.165) is 16.8 Å². The van der Waals surface area contributed by atoms with Gasteiger partial charge in [0.1, 0.15) is 0 Å². The average molecular weight is 308 g/mol. The van der Waals surface area contributed by atoms with Crippen LogP contribution in [0.1, 0.15) is 11.5 Å². The van der Waals surface area contributed by atoms with E-state index in [1.54, 1.807) is 0 Å². The van der Waals surface area contributed by atoms with Crippen LogP contribution in [0, 0.1) is 6.92 Å². The number of carbonyl (C=O) groups is 1. The van der Waals surface area contributed by atoms with Crippen molar-refractivity contribution >= 4 is 11.7 Å². The van der Waals surface area contributed by atoms with Gasteiger partial charge in [0.25, 0.3) is 0 Å². The minimum atomic E-state index is -0.328. The number of anilines is 1. The summed E-state index contributed by atoms with van der Waals surface area (Å²) in [5.74, 6) is 0.786. The maximum atomic E-state index is 11.8. The fraction of sp³-hybridized carbons (Fsp3) is 0.118. The Morgan fingerprint density at radius 3 is 2.52 bits per heavy atom. The largest absolute Gasteiger partial charge is 0.419 e. The summed E-state index contributed by atoms with van der Waals surface area (Å²) in [6, 6.07) is 16.7. The van der Waals surface area contributed by atoms with Gasteiger partial charge in [-0.25, -0.2) is 4.79 Å². The number of carbonyl (C=O) groups excluding carboxylic acids is 1. The van der Waals surface area contributed by atoms with Gasteiger partial charge in [0.2, 0.25) is 11.8 Å². The quantitative estimate of drug-likeness (QED) is 0.774. The van der Waals surface area contributed by atoms with Crippen LogP contribution in [0.4, 0.5) is 10.5 Å².